The Hall–Kier alpha value is -0.870. The Balaban J connectivity index is 2.21. The number of hydrogen-bond donors (Lipinski definition) is 2. The molecule has 4 heteroatoms. The fourth-order valence-corrected chi connectivity index (χ4v) is 2.75. The summed E-state index contributed by atoms with van der Waals surface area (Å²) in [4.78, 5) is 10.9. The van der Waals surface area contributed by atoms with Crippen molar-refractivity contribution >= 4 is 17.3 Å². The zero-order valence-corrected chi connectivity index (χ0v) is 8.64. The molecule has 0 aromatic carbocycles. The van der Waals surface area contributed by atoms with Crippen LogP contribution in [0, 0.1) is 0 Å². The largest absolute Gasteiger partial charge is 0.478 e. The number of aromatic carboxylic acids is 1. The van der Waals surface area contributed by atoms with Gasteiger partial charge in [0, 0.05) is 11.4 Å². The van der Waals surface area contributed by atoms with E-state index < -0.39 is 5.97 Å². The molecule has 1 aliphatic rings. The van der Waals surface area contributed by atoms with Crippen LogP contribution < -0.4 is 5.32 Å². The summed E-state index contributed by atoms with van der Waals surface area (Å²) in [6.07, 6.45) is 3.44. The van der Waals surface area contributed by atoms with E-state index in [2.05, 4.69) is 5.32 Å². The molecule has 0 radical (unpaired) electrons. The second-order valence-electron chi connectivity index (χ2n) is 3.55. The van der Waals surface area contributed by atoms with Crippen LogP contribution in [-0.4, -0.2) is 17.6 Å². The van der Waals surface area contributed by atoms with Gasteiger partial charge in [0.1, 0.15) is 0 Å². The number of carboxylic acid groups (broad SMARTS) is 1. The topological polar surface area (TPSA) is 49.3 Å². The van der Waals surface area contributed by atoms with E-state index in [9.17, 15) is 4.79 Å². The molecule has 1 atom stereocenters. The van der Waals surface area contributed by atoms with Crippen LogP contribution in [0.15, 0.2) is 10.8 Å². The lowest BCUT2D eigenvalue weighted by molar-refractivity contribution is 0.0695. The molecule has 14 heavy (non-hydrogen) atoms. The summed E-state index contributed by atoms with van der Waals surface area (Å²) < 4.78 is 0. The molecule has 0 bridgehead atoms. The highest BCUT2D eigenvalue weighted by Crippen LogP contribution is 2.28. The highest BCUT2D eigenvalue weighted by Gasteiger charge is 2.21. The van der Waals surface area contributed by atoms with Crippen molar-refractivity contribution in [1.29, 1.82) is 0 Å². The highest BCUT2D eigenvalue weighted by atomic mass is 32.1. The molecule has 3 nitrogen and oxygen atoms in total. The Morgan fingerprint density at radius 2 is 2.36 bits per heavy atom. The van der Waals surface area contributed by atoms with Gasteiger partial charge in [0.15, 0.2) is 0 Å². The fourth-order valence-electron chi connectivity index (χ4n) is 1.87. The maximum Gasteiger partial charge on any atom is 0.336 e. The summed E-state index contributed by atoms with van der Waals surface area (Å²) in [6.45, 7) is 1.000. The van der Waals surface area contributed by atoms with E-state index in [1.54, 1.807) is 5.38 Å². The molecule has 0 spiro atoms. The molecule has 1 aromatic rings. The van der Waals surface area contributed by atoms with Gasteiger partial charge in [0.05, 0.1) is 5.56 Å². The first-order chi connectivity index (χ1) is 6.79. The lowest BCUT2D eigenvalue weighted by Crippen LogP contribution is -2.27. The maximum absolute atomic E-state index is 10.9. The smallest absolute Gasteiger partial charge is 0.336 e. The summed E-state index contributed by atoms with van der Waals surface area (Å²) in [5.74, 6) is -0.811. The maximum atomic E-state index is 10.9. The van der Waals surface area contributed by atoms with Gasteiger partial charge in [0.25, 0.3) is 0 Å². The summed E-state index contributed by atoms with van der Waals surface area (Å²) in [5.41, 5.74) is 1.43. The Morgan fingerprint density at radius 1 is 1.50 bits per heavy atom. The minimum atomic E-state index is -0.811. The Bertz CT molecular complexity index is 329. The first-order valence-electron chi connectivity index (χ1n) is 4.82. The standard InChI is InChI=1S/C10H13NO2S/c12-10(13)8-6-14-5-7(8)9-3-1-2-4-11-9/h5-6,9,11H,1-4H2,(H,12,13)/t9-/m0/s1. The van der Waals surface area contributed by atoms with E-state index in [1.807, 2.05) is 5.38 Å². The number of carboxylic acids is 1. The predicted octanol–water partition coefficient (Wildman–Crippen LogP) is 2.26. The molecule has 76 valence electrons. The van der Waals surface area contributed by atoms with Crippen LogP contribution in [0.3, 0.4) is 0 Å². The van der Waals surface area contributed by atoms with Crippen molar-refractivity contribution in [3.63, 3.8) is 0 Å². The highest BCUT2D eigenvalue weighted by molar-refractivity contribution is 7.08. The monoisotopic (exact) mass is 211 g/mol. The molecule has 2 N–H and O–H groups in total. The first-order valence-corrected chi connectivity index (χ1v) is 5.76. The van der Waals surface area contributed by atoms with Crippen LogP contribution in [0.2, 0.25) is 0 Å². The lowest BCUT2D eigenvalue weighted by atomic mass is 9.97. The summed E-state index contributed by atoms with van der Waals surface area (Å²) in [5, 5.41) is 16.0. The van der Waals surface area contributed by atoms with Gasteiger partial charge in [-0.25, -0.2) is 4.79 Å². The molecular weight excluding hydrogens is 198 g/mol. The third-order valence-electron chi connectivity index (χ3n) is 2.61. The number of carbonyl (C=O) groups is 1. The molecule has 1 aromatic heterocycles. The van der Waals surface area contributed by atoms with E-state index in [1.165, 1.54) is 24.2 Å². The van der Waals surface area contributed by atoms with Crippen molar-refractivity contribution in [2.45, 2.75) is 25.3 Å². The molecule has 0 aliphatic carbocycles. The average Bonchev–Trinajstić information content (AvgIpc) is 2.67. The zero-order chi connectivity index (χ0) is 9.97. The van der Waals surface area contributed by atoms with Crippen LogP contribution in [-0.2, 0) is 0 Å². The molecule has 1 aliphatic heterocycles. The molecule has 0 unspecified atom stereocenters. The van der Waals surface area contributed by atoms with Crippen LogP contribution >= 0.6 is 11.3 Å². The normalized spacial score (nSPS) is 22.1. The number of nitrogens with one attached hydrogen (secondary N) is 1. The molecular formula is C10H13NO2S. The number of hydrogen-bond acceptors (Lipinski definition) is 3. The third kappa shape index (κ3) is 1.81. The van der Waals surface area contributed by atoms with E-state index >= 15 is 0 Å². The fraction of sp³-hybridized carbons (Fsp3) is 0.500. The molecule has 2 rings (SSSR count). The Kier molecular flexibility index (Phi) is 2.84. The van der Waals surface area contributed by atoms with Gasteiger partial charge in [-0.15, -0.1) is 0 Å². The van der Waals surface area contributed by atoms with Gasteiger partial charge >= 0.3 is 5.97 Å². The second-order valence-corrected chi connectivity index (χ2v) is 4.29. The molecule has 2 heterocycles. The molecule has 1 saturated heterocycles. The van der Waals surface area contributed by atoms with E-state index in [0.717, 1.165) is 18.5 Å². The quantitative estimate of drug-likeness (QED) is 0.789. The van der Waals surface area contributed by atoms with Gasteiger partial charge in [0.2, 0.25) is 0 Å². The minimum Gasteiger partial charge on any atom is -0.478 e. The molecule has 0 amide bonds. The van der Waals surface area contributed by atoms with Crippen molar-refractivity contribution in [2.24, 2.45) is 0 Å². The van der Waals surface area contributed by atoms with Gasteiger partial charge in [-0.2, -0.15) is 11.3 Å². The van der Waals surface area contributed by atoms with E-state index in [-0.39, 0.29) is 6.04 Å². The second kappa shape index (κ2) is 4.11. The van der Waals surface area contributed by atoms with Gasteiger partial charge in [-0.1, -0.05) is 6.42 Å². The van der Waals surface area contributed by atoms with Gasteiger partial charge in [-0.3, -0.25) is 0 Å². The number of thiophene rings is 1. The van der Waals surface area contributed by atoms with Crippen molar-refractivity contribution in [3.05, 3.63) is 21.9 Å². The van der Waals surface area contributed by atoms with Crippen molar-refractivity contribution in [1.82, 2.24) is 5.32 Å². The van der Waals surface area contributed by atoms with Crippen LogP contribution in [0.25, 0.3) is 0 Å². The van der Waals surface area contributed by atoms with E-state index in [4.69, 9.17) is 5.11 Å². The zero-order valence-electron chi connectivity index (χ0n) is 7.82. The predicted molar refractivity (Wildman–Crippen MR) is 55.9 cm³/mol. The third-order valence-corrected chi connectivity index (χ3v) is 3.37. The van der Waals surface area contributed by atoms with Gasteiger partial charge < -0.3 is 10.4 Å². The number of piperidine rings is 1. The number of rotatable bonds is 2. The first kappa shape index (κ1) is 9.68. The van der Waals surface area contributed by atoms with Gasteiger partial charge in [-0.05, 0) is 30.3 Å². The van der Waals surface area contributed by atoms with Crippen molar-refractivity contribution in [3.8, 4) is 0 Å². The summed E-state index contributed by atoms with van der Waals surface area (Å²) in [7, 11) is 0. The van der Waals surface area contributed by atoms with Crippen LogP contribution in [0.1, 0.15) is 41.2 Å². The van der Waals surface area contributed by atoms with Crippen molar-refractivity contribution in [2.75, 3.05) is 6.54 Å². The Morgan fingerprint density at radius 3 is 3.00 bits per heavy atom. The summed E-state index contributed by atoms with van der Waals surface area (Å²) in [6, 6.07) is 0.251. The molecule has 1 fully saturated rings. The molecule has 0 saturated carbocycles. The van der Waals surface area contributed by atoms with E-state index in [0.29, 0.717) is 5.56 Å². The van der Waals surface area contributed by atoms with Crippen molar-refractivity contribution < 1.29 is 9.90 Å². The van der Waals surface area contributed by atoms with Crippen LogP contribution in [0.5, 0.6) is 0 Å². The Labute approximate surface area is 86.8 Å². The summed E-state index contributed by atoms with van der Waals surface area (Å²) >= 11 is 1.47. The lowest BCUT2D eigenvalue weighted by Gasteiger charge is -2.23. The minimum absolute atomic E-state index is 0.251. The average molecular weight is 211 g/mol. The van der Waals surface area contributed by atoms with Crippen LogP contribution in [0.4, 0.5) is 0 Å². The SMILES string of the molecule is O=C(O)c1cscc1[C@@H]1CCCCN1.